The van der Waals surface area contributed by atoms with Crippen molar-refractivity contribution in [3.8, 4) is 0 Å². The van der Waals surface area contributed by atoms with Crippen molar-refractivity contribution in [3.63, 3.8) is 0 Å². The Labute approximate surface area is 110 Å². The van der Waals surface area contributed by atoms with Crippen molar-refractivity contribution < 1.29 is 4.92 Å². The number of thioether (sulfide) groups is 1. The first kappa shape index (κ1) is 14.5. The Kier molecular flexibility index (Phi) is 5.63. The average molecular weight is 271 g/mol. The third-order valence-electron chi connectivity index (χ3n) is 2.28. The Hall–Kier alpha value is -1.57. The van der Waals surface area contributed by atoms with E-state index in [-0.39, 0.29) is 11.5 Å². The Bertz CT molecular complexity index is 427. The summed E-state index contributed by atoms with van der Waals surface area (Å²) in [6.07, 6.45) is 2.95. The zero-order chi connectivity index (χ0) is 13.5. The fourth-order valence-corrected chi connectivity index (χ4v) is 1.88. The Balaban J connectivity index is 2.91. The van der Waals surface area contributed by atoms with Crippen molar-refractivity contribution in [1.82, 2.24) is 9.97 Å². The molecular weight excluding hydrogens is 254 g/mol. The van der Waals surface area contributed by atoms with Gasteiger partial charge in [0.1, 0.15) is 5.69 Å². The maximum absolute atomic E-state index is 11.0. The molecule has 0 spiro atoms. The lowest BCUT2D eigenvalue weighted by Crippen LogP contribution is -2.11. The van der Waals surface area contributed by atoms with Crippen LogP contribution in [-0.2, 0) is 0 Å². The van der Waals surface area contributed by atoms with Crippen LogP contribution in [0.4, 0.5) is 17.5 Å². The van der Waals surface area contributed by atoms with Gasteiger partial charge in [-0.2, -0.15) is 16.7 Å². The van der Waals surface area contributed by atoms with Crippen molar-refractivity contribution >= 4 is 29.2 Å². The number of hydrogen-bond acceptors (Lipinski definition) is 7. The largest absolute Gasteiger partial charge is 0.364 e. The van der Waals surface area contributed by atoms with Gasteiger partial charge in [-0.1, -0.05) is 0 Å². The lowest BCUT2D eigenvalue weighted by atomic mass is 10.3. The van der Waals surface area contributed by atoms with Crippen molar-refractivity contribution in [2.75, 3.05) is 36.2 Å². The first-order valence-corrected chi connectivity index (χ1v) is 6.93. The Morgan fingerprint density at radius 3 is 2.72 bits per heavy atom. The minimum Gasteiger partial charge on any atom is -0.364 e. The van der Waals surface area contributed by atoms with Gasteiger partial charge in [-0.25, -0.2) is 4.98 Å². The maximum Gasteiger partial charge on any atom is 0.332 e. The molecule has 0 aromatic carbocycles. The Morgan fingerprint density at radius 1 is 1.44 bits per heavy atom. The van der Waals surface area contributed by atoms with E-state index in [2.05, 4.69) is 20.6 Å². The molecule has 1 heterocycles. The van der Waals surface area contributed by atoms with Crippen LogP contribution in [-0.4, -0.2) is 40.5 Å². The molecule has 0 radical (unpaired) electrons. The summed E-state index contributed by atoms with van der Waals surface area (Å²) in [4.78, 5) is 18.6. The molecule has 0 aliphatic carbocycles. The van der Waals surface area contributed by atoms with Gasteiger partial charge in [0.25, 0.3) is 0 Å². The van der Waals surface area contributed by atoms with E-state index >= 15 is 0 Å². The van der Waals surface area contributed by atoms with Crippen LogP contribution in [0.5, 0.6) is 0 Å². The second-order valence-electron chi connectivity index (χ2n) is 3.61. The van der Waals surface area contributed by atoms with E-state index < -0.39 is 4.92 Å². The minimum atomic E-state index is -0.453. The van der Waals surface area contributed by atoms with E-state index in [0.717, 1.165) is 12.2 Å². The highest BCUT2D eigenvalue weighted by Gasteiger charge is 2.21. The second kappa shape index (κ2) is 7.00. The predicted octanol–water partition coefficient (Wildman–Crippen LogP) is 1.90. The van der Waals surface area contributed by atoms with Crippen LogP contribution in [0.25, 0.3) is 0 Å². The van der Waals surface area contributed by atoms with E-state index in [4.69, 9.17) is 0 Å². The summed E-state index contributed by atoms with van der Waals surface area (Å²) in [7, 11) is 1.68. The summed E-state index contributed by atoms with van der Waals surface area (Å²) in [5.41, 5.74) is 0.296. The summed E-state index contributed by atoms with van der Waals surface area (Å²) in [5, 5.41) is 16.8. The summed E-state index contributed by atoms with van der Waals surface area (Å²) in [6.45, 7) is 2.26. The molecule has 0 saturated carbocycles. The molecule has 0 atom stereocenters. The highest BCUT2D eigenvalue weighted by Crippen LogP contribution is 2.26. The third kappa shape index (κ3) is 3.73. The van der Waals surface area contributed by atoms with Crippen LogP contribution in [0.2, 0.25) is 0 Å². The van der Waals surface area contributed by atoms with Crippen molar-refractivity contribution in [1.29, 1.82) is 0 Å². The summed E-state index contributed by atoms with van der Waals surface area (Å²) < 4.78 is 0. The molecule has 18 heavy (non-hydrogen) atoms. The van der Waals surface area contributed by atoms with Crippen LogP contribution in [0.3, 0.4) is 0 Å². The lowest BCUT2D eigenvalue weighted by Gasteiger charge is -2.09. The predicted molar refractivity (Wildman–Crippen MR) is 74.5 cm³/mol. The molecule has 100 valence electrons. The van der Waals surface area contributed by atoms with Crippen LogP contribution >= 0.6 is 11.8 Å². The van der Waals surface area contributed by atoms with E-state index in [1.807, 2.05) is 6.26 Å². The highest BCUT2D eigenvalue weighted by molar-refractivity contribution is 7.98. The molecule has 2 N–H and O–H groups in total. The number of anilines is 2. The molecule has 0 amide bonds. The molecule has 0 saturated heterocycles. The third-order valence-corrected chi connectivity index (χ3v) is 2.98. The first-order valence-electron chi connectivity index (χ1n) is 5.53. The molecule has 0 bridgehead atoms. The fraction of sp³-hybridized carbons (Fsp3) is 0.600. The van der Waals surface area contributed by atoms with Gasteiger partial charge in [0.05, 0.1) is 4.92 Å². The van der Waals surface area contributed by atoms with Gasteiger partial charge in [-0.3, -0.25) is 10.1 Å². The molecule has 1 aromatic heterocycles. The number of aromatic nitrogens is 2. The van der Waals surface area contributed by atoms with Crippen LogP contribution in [0.1, 0.15) is 12.1 Å². The number of rotatable bonds is 7. The van der Waals surface area contributed by atoms with E-state index in [1.54, 1.807) is 25.7 Å². The van der Waals surface area contributed by atoms with Crippen LogP contribution < -0.4 is 10.6 Å². The molecule has 8 heteroatoms. The quantitative estimate of drug-likeness (QED) is 0.444. The molecule has 0 fully saturated rings. The fourth-order valence-electron chi connectivity index (χ4n) is 1.44. The van der Waals surface area contributed by atoms with Gasteiger partial charge >= 0.3 is 5.69 Å². The van der Waals surface area contributed by atoms with E-state index in [0.29, 0.717) is 18.2 Å². The second-order valence-corrected chi connectivity index (χ2v) is 4.60. The molecular formula is C10H17N5O2S. The SMILES string of the molecule is CNc1nc(C)c([N+](=O)[O-])c(NCCCSC)n1. The normalized spacial score (nSPS) is 10.2. The topological polar surface area (TPSA) is 93.0 Å². The molecule has 1 aromatic rings. The monoisotopic (exact) mass is 271 g/mol. The number of aryl methyl sites for hydroxylation is 1. The van der Waals surface area contributed by atoms with E-state index in [9.17, 15) is 10.1 Å². The number of nitrogens with zero attached hydrogens (tertiary/aromatic N) is 3. The maximum atomic E-state index is 11.0. The summed E-state index contributed by atoms with van der Waals surface area (Å²) in [6, 6.07) is 0. The smallest absolute Gasteiger partial charge is 0.332 e. The Morgan fingerprint density at radius 2 is 2.17 bits per heavy atom. The molecule has 0 aliphatic heterocycles. The van der Waals surface area contributed by atoms with Crippen LogP contribution in [0.15, 0.2) is 0 Å². The molecule has 0 unspecified atom stereocenters. The van der Waals surface area contributed by atoms with Crippen molar-refractivity contribution in [2.24, 2.45) is 0 Å². The van der Waals surface area contributed by atoms with Crippen molar-refractivity contribution in [3.05, 3.63) is 15.8 Å². The van der Waals surface area contributed by atoms with Gasteiger partial charge in [0.15, 0.2) is 0 Å². The van der Waals surface area contributed by atoms with E-state index in [1.165, 1.54) is 0 Å². The van der Waals surface area contributed by atoms with Crippen molar-refractivity contribution in [2.45, 2.75) is 13.3 Å². The average Bonchev–Trinajstić information content (AvgIpc) is 2.33. The first-order chi connectivity index (χ1) is 8.60. The number of nitrogens with one attached hydrogen (secondary N) is 2. The van der Waals surface area contributed by atoms with Gasteiger partial charge in [-0.15, -0.1) is 0 Å². The zero-order valence-corrected chi connectivity index (χ0v) is 11.5. The number of nitro groups is 1. The zero-order valence-electron chi connectivity index (χ0n) is 10.7. The summed E-state index contributed by atoms with van der Waals surface area (Å²) >= 11 is 1.74. The number of hydrogen-bond donors (Lipinski definition) is 2. The van der Waals surface area contributed by atoms with Crippen LogP contribution in [0, 0.1) is 17.0 Å². The molecule has 0 aliphatic rings. The van der Waals surface area contributed by atoms with Gasteiger partial charge < -0.3 is 10.6 Å². The molecule has 7 nitrogen and oxygen atoms in total. The lowest BCUT2D eigenvalue weighted by molar-refractivity contribution is -0.385. The van der Waals surface area contributed by atoms with Gasteiger partial charge in [0.2, 0.25) is 11.8 Å². The standard InChI is InChI=1S/C10H17N5O2S/c1-7-8(15(16)17)9(12-5-4-6-18-3)14-10(11-2)13-7/h4-6H2,1-3H3,(H2,11,12,13,14). The van der Waals surface area contributed by atoms with Gasteiger partial charge in [-0.05, 0) is 25.4 Å². The van der Waals surface area contributed by atoms with Gasteiger partial charge in [0, 0.05) is 13.6 Å². The highest BCUT2D eigenvalue weighted by atomic mass is 32.2. The minimum absolute atomic E-state index is 0.0573. The summed E-state index contributed by atoms with van der Waals surface area (Å²) in [5.74, 6) is 1.66. The molecule has 1 rings (SSSR count).